The molecular formula is C22H20N4O3. The minimum absolute atomic E-state index is 0.0622. The van der Waals surface area contributed by atoms with Crippen LogP contribution in [0.5, 0.6) is 17.4 Å². The molecule has 2 heterocycles. The molecule has 3 aromatic rings. The van der Waals surface area contributed by atoms with Gasteiger partial charge in [-0.05, 0) is 43.2 Å². The van der Waals surface area contributed by atoms with Gasteiger partial charge in [-0.15, -0.1) is 5.11 Å². The van der Waals surface area contributed by atoms with Crippen molar-refractivity contribution in [2.75, 3.05) is 14.2 Å². The number of azo groups is 1. The number of fused-ring (bicyclic) bond motifs is 3. The van der Waals surface area contributed by atoms with Crippen LogP contribution in [0.3, 0.4) is 0 Å². The minimum Gasteiger partial charge on any atom is -0.493 e. The predicted octanol–water partition coefficient (Wildman–Crippen LogP) is 5.03. The van der Waals surface area contributed by atoms with Gasteiger partial charge in [0.1, 0.15) is 11.6 Å². The number of aryl methyl sites for hydroxylation is 2. The molecule has 1 aromatic heterocycles. The SMILES string of the molecule is COc1cc2c(cc1OC)-c1c(C#N)c(N=Nc3ccc(C)cc3)c(O)n1CC2. The molecule has 0 fully saturated rings. The number of rotatable bonds is 4. The standard InChI is InChI=1S/C22H20N4O3/c1-13-4-6-15(7-5-13)24-25-20-17(12-23)21-16-11-19(29-3)18(28-2)10-14(16)8-9-26(21)22(20)27/h4-7,10-11,27H,8-9H2,1-3H3. The number of nitriles is 1. The Balaban J connectivity index is 1.86. The summed E-state index contributed by atoms with van der Waals surface area (Å²) in [4.78, 5) is 0. The topological polar surface area (TPSA) is 92.1 Å². The second-order valence-corrected chi connectivity index (χ2v) is 6.81. The highest BCUT2D eigenvalue weighted by atomic mass is 16.5. The molecule has 4 rings (SSSR count). The first-order valence-electron chi connectivity index (χ1n) is 9.16. The monoisotopic (exact) mass is 388 g/mol. The molecule has 1 N–H and O–H groups in total. The van der Waals surface area contributed by atoms with Crippen molar-refractivity contribution in [2.45, 2.75) is 19.9 Å². The molecular weight excluding hydrogens is 368 g/mol. The van der Waals surface area contributed by atoms with Gasteiger partial charge in [-0.25, -0.2) is 0 Å². The maximum absolute atomic E-state index is 10.8. The van der Waals surface area contributed by atoms with Gasteiger partial charge in [0.15, 0.2) is 17.2 Å². The van der Waals surface area contributed by atoms with Crippen LogP contribution in [0.2, 0.25) is 0 Å². The van der Waals surface area contributed by atoms with E-state index in [1.54, 1.807) is 18.8 Å². The summed E-state index contributed by atoms with van der Waals surface area (Å²) in [7, 11) is 3.15. The van der Waals surface area contributed by atoms with Crippen LogP contribution in [0, 0.1) is 18.3 Å². The number of hydrogen-bond donors (Lipinski definition) is 1. The molecule has 0 bridgehead atoms. The van der Waals surface area contributed by atoms with Crippen LogP contribution in [-0.4, -0.2) is 23.9 Å². The van der Waals surface area contributed by atoms with Gasteiger partial charge in [-0.3, -0.25) is 0 Å². The van der Waals surface area contributed by atoms with Crippen molar-refractivity contribution in [1.29, 1.82) is 5.26 Å². The quantitative estimate of drug-likeness (QED) is 0.635. The molecule has 29 heavy (non-hydrogen) atoms. The molecule has 7 heteroatoms. The molecule has 0 saturated heterocycles. The van der Waals surface area contributed by atoms with Crippen molar-refractivity contribution in [1.82, 2.24) is 4.57 Å². The van der Waals surface area contributed by atoms with Gasteiger partial charge in [-0.1, -0.05) is 17.7 Å². The number of aromatic hydroxyl groups is 1. The number of methoxy groups -OCH3 is 2. The average Bonchev–Trinajstić information content (AvgIpc) is 3.03. The molecule has 2 aromatic carbocycles. The second kappa shape index (κ2) is 7.32. The van der Waals surface area contributed by atoms with Gasteiger partial charge >= 0.3 is 0 Å². The van der Waals surface area contributed by atoms with Crippen LogP contribution >= 0.6 is 0 Å². The van der Waals surface area contributed by atoms with Crippen LogP contribution in [0.25, 0.3) is 11.3 Å². The minimum atomic E-state index is -0.0622. The zero-order chi connectivity index (χ0) is 20.5. The highest BCUT2D eigenvalue weighted by Gasteiger charge is 2.29. The number of hydrogen-bond acceptors (Lipinski definition) is 6. The molecule has 146 valence electrons. The van der Waals surface area contributed by atoms with Crippen LogP contribution in [-0.2, 0) is 13.0 Å². The van der Waals surface area contributed by atoms with Crippen molar-refractivity contribution in [3.8, 4) is 34.7 Å². The summed E-state index contributed by atoms with van der Waals surface area (Å²) in [5, 5.41) is 29.0. The number of nitrogens with zero attached hydrogens (tertiary/aromatic N) is 4. The Morgan fingerprint density at radius 3 is 2.41 bits per heavy atom. The molecule has 1 aliphatic rings. The first kappa shape index (κ1) is 18.6. The molecule has 0 amide bonds. The molecule has 0 radical (unpaired) electrons. The average molecular weight is 388 g/mol. The molecule has 0 spiro atoms. The number of ether oxygens (including phenoxy) is 2. The lowest BCUT2D eigenvalue weighted by atomic mass is 9.95. The lowest BCUT2D eigenvalue weighted by molar-refractivity contribution is 0.354. The third-order valence-corrected chi connectivity index (χ3v) is 5.09. The summed E-state index contributed by atoms with van der Waals surface area (Å²) in [6.45, 7) is 2.52. The van der Waals surface area contributed by atoms with E-state index in [4.69, 9.17) is 9.47 Å². The largest absolute Gasteiger partial charge is 0.493 e. The maximum atomic E-state index is 10.8. The zero-order valence-corrected chi connectivity index (χ0v) is 16.4. The Labute approximate surface area is 168 Å². The van der Waals surface area contributed by atoms with Gasteiger partial charge in [0.2, 0.25) is 5.88 Å². The summed E-state index contributed by atoms with van der Waals surface area (Å²) in [6.07, 6.45) is 0.685. The third-order valence-electron chi connectivity index (χ3n) is 5.09. The van der Waals surface area contributed by atoms with Crippen molar-refractivity contribution in [2.24, 2.45) is 10.2 Å². The summed E-state index contributed by atoms with van der Waals surface area (Å²) >= 11 is 0. The normalized spacial score (nSPS) is 12.3. The Bertz CT molecular complexity index is 1150. The second-order valence-electron chi connectivity index (χ2n) is 6.81. The van der Waals surface area contributed by atoms with Gasteiger partial charge in [0, 0.05) is 12.1 Å². The van der Waals surface area contributed by atoms with Crippen molar-refractivity contribution < 1.29 is 14.6 Å². The molecule has 7 nitrogen and oxygen atoms in total. The zero-order valence-electron chi connectivity index (χ0n) is 16.4. The Kier molecular flexibility index (Phi) is 4.69. The van der Waals surface area contributed by atoms with Crippen LogP contribution in [0.15, 0.2) is 46.6 Å². The van der Waals surface area contributed by atoms with E-state index < -0.39 is 0 Å². The third kappa shape index (κ3) is 3.09. The van der Waals surface area contributed by atoms with Crippen molar-refractivity contribution in [3.63, 3.8) is 0 Å². The van der Waals surface area contributed by atoms with Crippen LogP contribution in [0.4, 0.5) is 11.4 Å². The lowest BCUT2D eigenvalue weighted by Gasteiger charge is -2.22. The van der Waals surface area contributed by atoms with Gasteiger partial charge in [0.25, 0.3) is 0 Å². The lowest BCUT2D eigenvalue weighted by Crippen LogP contribution is -2.11. The highest BCUT2D eigenvalue weighted by molar-refractivity contribution is 5.83. The van der Waals surface area contributed by atoms with E-state index in [-0.39, 0.29) is 17.1 Å². The molecule has 1 aliphatic heterocycles. The van der Waals surface area contributed by atoms with E-state index in [1.807, 2.05) is 43.3 Å². The van der Waals surface area contributed by atoms with Gasteiger partial charge in [-0.2, -0.15) is 10.4 Å². The van der Waals surface area contributed by atoms with E-state index in [1.165, 1.54) is 0 Å². The predicted molar refractivity (Wildman–Crippen MR) is 108 cm³/mol. The summed E-state index contributed by atoms with van der Waals surface area (Å²) in [5.41, 5.74) is 4.67. The fourth-order valence-electron chi connectivity index (χ4n) is 3.59. The number of benzene rings is 2. The molecule has 0 atom stereocenters. The van der Waals surface area contributed by atoms with Crippen LogP contribution in [0.1, 0.15) is 16.7 Å². The first-order valence-corrected chi connectivity index (χ1v) is 9.16. The maximum Gasteiger partial charge on any atom is 0.221 e. The van der Waals surface area contributed by atoms with E-state index in [2.05, 4.69) is 16.3 Å². The van der Waals surface area contributed by atoms with E-state index >= 15 is 0 Å². The fourth-order valence-corrected chi connectivity index (χ4v) is 3.59. The van der Waals surface area contributed by atoms with Crippen molar-refractivity contribution in [3.05, 3.63) is 53.1 Å². The summed E-state index contributed by atoms with van der Waals surface area (Å²) in [6, 6.07) is 13.5. The molecule has 0 saturated carbocycles. The Morgan fingerprint density at radius 2 is 1.76 bits per heavy atom. The Hall–Kier alpha value is -3.79. The fraction of sp³-hybridized carbons (Fsp3) is 0.227. The van der Waals surface area contributed by atoms with Crippen LogP contribution < -0.4 is 9.47 Å². The number of aromatic nitrogens is 1. The highest BCUT2D eigenvalue weighted by Crippen LogP contribution is 2.47. The van der Waals surface area contributed by atoms with Gasteiger partial charge < -0.3 is 19.1 Å². The van der Waals surface area contributed by atoms with Crippen molar-refractivity contribution >= 4 is 11.4 Å². The first-order chi connectivity index (χ1) is 14.1. The van der Waals surface area contributed by atoms with E-state index in [0.29, 0.717) is 35.8 Å². The summed E-state index contributed by atoms with van der Waals surface area (Å²) < 4.78 is 12.5. The molecule has 0 unspecified atom stereocenters. The van der Waals surface area contributed by atoms with E-state index in [9.17, 15) is 10.4 Å². The smallest absolute Gasteiger partial charge is 0.221 e. The molecule has 0 aliphatic carbocycles. The van der Waals surface area contributed by atoms with E-state index in [0.717, 1.165) is 16.7 Å². The van der Waals surface area contributed by atoms with Gasteiger partial charge in [0.05, 0.1) is 25.6 Å². The Morgan fingerprint density at radius 1 is 1.07 bits per heavy atom. The summed E-state index contributed by atoms with van der Waals surface area (Å²) in [5.74, 6) is 1.13.